The minimum absolute atomic E-state index is 0.552. The molecule has 1 aliphatic carbocycles. The van der Waals surface area contributed by atoms with E-state index in [1.54, 1.807) is 0 Å². The zero-order chi connectivity index (χ0) is 10.4. The summed E-state index contributed by atoms with van der Waals surface area (Å²) in [7, 11) is 0. The van der Waals surface area contributed by atoms with Gasteiger partial charge in [0, 0.05) is 0 Å². The molecule has 0 spiro atoms. The van der Waals surface area contributed by atoms with Crippen LogP contribution in [0.15, 0.2) is 48.1 Å². The maximum atomic E-state index is 3.78. The second-order valence-corrected chi connectivity index (χ2v) is 2.92. The molecule has 13 heavy (non-hydrogen) atoms. The van der Waals surface area contributed by atoms with Gasteiger partial charge >= 0.3 is 0 Å². The van der Waals surface area contributed by atoms with Crippen LogP contribution in [0.5, 0.6) is 0 Å². The molecule has 0 saturated heterocycles. The number of hydrogen-bond acceptors (Lipinski definition) is 0. The number of hydrogen-bond donors (Lipinski definition) is 0. The highest BCUT2D eigenvalue weighted by molar-refractivity contribution is 5.53. The zero-order valence-electron chi connectivity index (χ0n) is 9.22. The summed E-state index contributed by atoms with van der Waals surface area (Å²) >= 11 is 0. The monoisotopic (exact) mass is 176 g/mol. The Hall–Kier alpha value is -1.04. The zero-order valence-corrected chi connectivity index (χ0v) is 9.22. The molecule has 1 rings (SSSR count). The van der Waals surface area contributed by atoms with Gasteiger partial charge < -0.3 is 0 Å². The molecule has 0 nitrogen and oxygen atoms in total. The molecule has 0 heteroatoms. The average Bonchev–Trinajstić information content (AvgIpc) is 2.46. The van der Waals surface area contributed by atoms with E-state index in [4.69, 9.17) is 0 Å². The molecule has 0 fully saturated rings. The molecule has 0 N–H and O–H groups in total. The van der Waals surface area contributed by atoms with Gasteiger partial charge in [0.1, 0.15) is 0 Å². The van der Waals surface area contributed by atoms with Crippen molar-refractivity contribution in [2.24, 2.45) is 5.92 Å². The number of rotatable bonds is 2. The summed E-state index contributed by atoms with van der Waals surface area (Å²) < 4.78 is 0. The van der Waals surface area contributed by atoms with Gasteiger partial charge in [-0.15, -0.1) is 0 Å². The summed E-state index contributed by atoms with van der Waals surface area (Å²) in [5.74, 6) is 0.552. The lowest BCUT2D eigenvalue weighted by Crippen LogP contribution is -1.86. The molecule has 1 unspecified atom stereocenters. The van der Waals surface area contributed by atoms with E-state index < -0.39 is 0 Å². The van der Waals surface area contributed by atoms with Gasteiger partial charge in [0.05, 0.1) is 0 Å². The topological polar surface area (TPSA) is 0 Å². The highest BCUT2D eigenvalue weighted by Crippen LogP contribution is 2.31. The fourth-order valence-corrected chi connectivity index (χ4v) is 1.41. The largest absolute Gasteiger partial charge is 0.0985 e. The van der Waals surface area contributed by atoms with Crippen LogP contribution >= 0.6 is 0 Å². The summed E-state index contributed by atoms with van der Waals surface area (Å²) in [6, 6.07) is 0. The third-order valence-corrected chi connectivity index (χ3v) is 2.27. The van der Waals surface area contributed by atoms with Crippen molar-refractivity contribution in [2.45, 2.75) is 27.7 Å². The van der Waals surface area contributed by atoms with Gasteiger partial charge in [-0.1, -0.05) is 57.7 Å². The molecule has 0 heterocycles. The van der Waals surface area contributed by atoms with Gasteiger partial charge in [-0.2, -0.15) is 0 Å². The Morgan fingerprint density at radius 2 is 1.77 bits per heavy atom. The van der Waals surface area contributed by atoms with Crippen molar-refractivity contribution in [1.29, 1.82) is 0 Å². The average molecular weight is 176 g/mol. The first-order chi connectivity index (χ1) is 6.20. The second kappa shape index (κ2) is 5.58. The first-order valence-corrected chi connectivity index (χ1v) is 4.88. The maximum Gasteiger partial charge on any atom is -0.00360 e. The van der Waals surface area contributed by atoms with Gasteiger partial charge in [-0.25, -0.2) is 0 Å². The Labute approximate surface area is 82.4 Å². The van der Waals surface area contributed by atoms with Crippen molar-refractivity contribution >= 4 is 0 Å². The molecule has 0 aromatic rings. The fraction of sp³-hybridized carbons (Fsp3) is 0.385. The Balaban J connectivity index is 0.000000671. The SMILES string of the molecule is C=CC1=CC(C)C(C)=C1C=C.CC. The van der Waals surface area contributed by atoms with Crippen LogP contribution in [-0.4, -0.2) is 0 Å². The van der Waals surface area contributed by atoms with Crippen molar-refractivity contribution in [3.8, 4) is 0 Å². The summed E-state index contributed by atoms with van der Waals surface area (Å²) in [4.78, 5) is 0. The number of allylic oxidation sites excluding steroid dienone is 6. The highest BCUT2D eigenvalue weighted by Gasteiger charge is 2.15. The highest BCUT2D eigenvalue weighted by atomic mass is 14.2. The van der Waals surface area contributed by atoms with Crippen molar-refractivity contribution in [1.82, 2.24) is 0 Å². The summed E-state index contributed by atoms with van der Waals surface area (Å²) in [6.07, 6.45) is 6.02. The van der Waals surface area contributed by atoms with Gasteiger partial charge in [0.2, 0.25) is 0 Å². The Kier molecular flexibility index (Phi) is 5.13. The molecule has 0 aromatic heterocycles. The van der Waals surface area contributed by atoms with Crippen LogP contribution < -0.4 is 0 Å². The van der Waals surface area contributed by atoms with Crippen LogP contribution in [0.2, 0.25) is 0 Å². The first-order valence-electron chi connectivity index (χ1n) is 4.88. The minimum Gasteiger partial charge on any atom is -0.0985 e. The molecule has 1 atom stereocenters. The molecule has 0 aliphatic heterocycles. The summed E-state index contributed by atoms with van der Waals surface area (Å²) in [6.45, 7) is 15.9. The Bertz CT molecular complexity index is 251. The van der Waals surface area contributed by atoms with Crippen LogP contribution in [-0.2, 0) is 0 Å². The molecule has 0 saturated carbocycles. The first kappa shape index (κ1) is 12.0. The van der Waals surface area contributed by atoms with Crippen LogP contribution in [0.4, 0.5) is 0 Å². The fourth-order valence-electron chi connectivity index (χ4n) is 1.41. The standard InChI is InChI=1S/C11H14.C2H6/c1-5-10-7-8(3)9(4)11(10)6-2;1-2/h5-8H,1-2H2,3-4H3;1-2H3. The van der Waals surface area contributed by atoms with E-state index >= 15 is 0 Å². The predicted molar refractivity (Wildman–Crippen MR) is 61.7 cm³/mol. The molecule has 0 bridgehead atoms. The second-order valence-electron chi connectivity index (χ2n) is 2.92. The van der Waals surface area contributed by atoms with E-state index in [-0.39, 0.29) is 0 Å². The Morgan fingerprint density at radius 1 is 1.23 bits per heavy atom. The molecule has 72 valence electrons. The molecule has 0 amide bonds. The minimum atomic E-state index is 0.552. The molecule has 1 aliphatic rings. The Morgan fingerprint density at radius 3 is 2.08 bits per heavy atom. The van der Waals surface area contributed by atoms with E-state index in [1.165, 1.54) is 16.7 Å². The maximum absolute atomic E-state index is 3.78. The third-order valence-electron chi connectivity index (χ3n) is 2.27. The van der Waals surface area contributed by atoms with E-state index in [1.807, 2.05) is 26.0 Å². The molecule has 0 aromatic carbocycles. The third kappa shape index (κ3) is 2.45. The van der Waals surface area contributed by atoms with Crippen LogP contribution in [0.3, 0.4) is 0 Å². The van der Waals surface area contributed by atoms with Crippen LogP contribution in [0, 0.1) is 5.92 Å². The predicted octanol–water partition coefficient (Wildman–Crippen LogP) is 4.28. The lowest BCUT2D eigenvalue weighted by Gasteiger charge is -2.01. The van der Waals surface area contributed by atoms with E-state index in [0.29, 0.717) is 5.92 Å². The van der Waals surface area contributed by atoms with Crippen molar-refractivity contribution in [3.05, 3.63) is 48.1 Å². The van der Waals surface area contributed by atoms with Crippen molar-refractivity contribution in [3.63, 3.8) is 0 Å². The van der Waals surface area contributed by atoms with Crippen LogP contribution in [0.1, 0.15) is 27.7 Å². The normalized spacial score (nSPS) is 20.3. The van der Waals surface area contributed by atoms with Gasteiger partial charge in [0.15, 0.2) is 0 Å². The van der Waals surface area contributed by atoms with Crippen molar-refractivity contribution < 1.29 is 0 Å². The van der Waals surface area contributed by atoms with Gasteiger partial charge in [-0.05, 0) is 24.0 Å². The lowest BCUT2D eigenvalue weighted by atomic mass is 10.0. The molecule has 0 radical (unpaired) electrons. The summed E-state index contributed by atoms with van der Waals surface area (Å²) in [5, 5.41) is 0. The molecular formula is C13H20. The van der Waals surface area contributed by atoms with Gasteiger partial charge in [0.25, 0.3) is 0 Å². The van der Waals surface area contributed by atoms with Crippen LogP contribution in [0.25, 0.3) is 0 Å². The smallest absolute Gasteiger partial charge is 0.00360 e. The summed E-state index contributed by atoms with van der Waals surface area (Å²) in [5.41, 5.74) is 3.88. The van der Waals surface area contributed by atoms with E-state index in [0.717, 1.165) is 0 Å². The quantitative estimate of drug-likeness (QED) is 0.589. The van der Waals surface area contributed by atoms with E-state index in [9.17, 15) is 0 Å². The van der Waals surface area contributed by atoms with E-state index in [2.05, 4.69) is 33.1 Å². The molecular weight excluding hydrogens is 156 g/mol. The van der Waals surface area contributed by atoms with Gasteiger partial charge in [-0.3, -0.25) is 0 Å². The lowest BCUT2D eigenvalue weighted by molar-refractivity contribution is 0.878. The van der Waals surface area contributed by atoms with Crippen molar-refractivity contribution in [2.75, 3.05) is 0 Å².